The Labute approximate surface area is 123 Å². The van der Waals surface area contributed by atoms with Crippen LogP contribution in [0.3, 0.4) is 0 Å². The number of benzene rings is 1. The molecule has 0 unspecified atom stereocenters. The summed E-state index contributed by atoms with van der Waals surface area (Å²) in [5, 5.41) is 9.98. The lowest BCUT2D eigenvalue weighted by molar-refractivity contribution is 0.102. The largest absolute Gasteiger partial charge is 0.366 e. The summed E-state index contributed by atoms with van der Waals surface area (Å²) in [6, 6.07) is 6.87. The third-order valence-electron chi connectivity index (χ3n) is 2.89. The molecule has 1 aromatic carbocycles. The number of carbonyl (C=O) groups excluding carboxylic acids is 1. The second-order valence-electron chi connectivity index (χ2n) is 4.40. The van der Waals surface area contributed by atoms with Crippen LogP contribution in [0.4, 0.5) is 10.1 Å². The van der Waals surface area contributed by atoms with Crippen molar-refractivity contribution in [1.29, 1.82) is 0 Å². The molecule has 0 saturated heterocycles. The van der Waals surface area contributed by atoms with E-state index in [2.05, 4.69) is 20.6 Å². The fourth-order valence-electron chi connectivity index (χ4n) is 1.79. The summed E-state index contributed by atoms with van der Waals surface area (Å²) < 4.78 is 14.2. The van der Waals surface area contributed by atoms with Crippen molar-refractivity contribution in [2.75, 3.05) is 5.32 Å². The molecule has 3 aromatic rings. The zero-order valence-electron chi connectivity index (χ0n) is 11.2. The predicted molar refractivity (Wildman–Crippen MR) is 76.3 cm³/mol. The molecule has 0 bridgehead atoms. The van der Waals surface area contributed by atoms with Crippen molar-refractivity contribution in [2.24, 2.45) is 0 Å². The number of carbonyl (C=O) groups is 1. The summed E-state index contributed by atoms with van der Waals surface area (Å²) in [6.07, 6.45) is 4.23. The maximum atomic E-state index is 12.9. The van der Waals surface area contributed by atoms with Gasteiger partial charge < -0.3 is 10.3 Å². The third-order valence-corrected chi connectivity index (χ3v) is 2.89. The van der Waals surface area contributed by atoms with Crippen LogP contribution in [0.1, 0.15) is 10.5 Å². The minimum atomic E-state index is -0.565. The van der Waals surface area contributed by atoms with Crippen LogP contribution in [0.15, 0.2) is 53.7 Å². The molecular weight excluding hydrogens is 289 g/mol. The van der Waals surface area contributed by atoms with Crippen LogP contribution in [0.5, 0.6) is 0 Å². The van der Waals surface area contributed by atoms with Crippen molar-refractivity contribution >= 4 is 11.6 Å². The van der Waals surface area contributed by atoms with Gasteiger partial charge in [0, 0.05) is 18.5 Å². The molecule has 0 atom stereocenters. The number of hydrogen-bond donors (Lipinski definition) is 2. The van der Waals surface area contributed by atoms with Gasteiger partial charge in [-0.15, -0.1) is 5.10 Å². The normalized spacial score (nSPS) is 10.4. The minimum absolute atomic E-state index is 0.0348. The molecule has 3 rings (SSSR count). The molecule has 22 heavy (non-hydrogen) atoms. The first-order valence-corrected chi connectivity index (χ1v) is 6.30. The van der Waals surface area contributed by atoms with Gasteiger partial charge in [-0.1, -0.05) is 5.21 Å². The molecule has 0 aliphatic heterocycles. The zero-order chi connectivity index (χ0) is 15.5. The van der Waals surface area contributed by atoms with Gasteiger partial charge in [0.1, 0.15) is 11.5 Å². The van der Waals surface area contributed by atoms with Crippen LogP contribution in [0.2, 0.25) is 0 Å². The van der Waals surface area contributed by atoms with Crippen LogP contribution in [0.25, 0.3) is 5.69 Å². The van der Waals surface area contributed by atoms with E-state index < -0.39 is 5.91 Å². The molecule has 2 heterocycles. The SMILES string of the molecule is O=C(Nc1c[nH]ccc1=O)c1cn(-c2ccc(F)cc2)nn1. The number of aromatic nitrogens is 4. The number of nitrogens with zero attached hydrogens (tertiary/aromatic N) is 3. The molecule has 0 radical (unpaired) electrons. The van der Waals surface area contributed by atoms with Gasteiger partial charge >= 0.3 is 0 Å². The summed E-state index contributed by atoms with van der Waals surface area (Å²) in [5.74, 6) is -0.935. The molecule has 0 aliphatic carbocycles. The van der Waals surface area contributed by atoms with Crippen molar-refractivity contribution in [3.05, 3.63) is 70.7 Å². The summed E-state index contributed by atoms with van der Waals surface area (Å²) in [7, 11) is 0. The lowest BCUT2D eigenvalue weighted by Crippen LogP contribution is -2.18. The van der Waals surface area contributed by atoms with E-state index in [0.717, 1.165) is 0 Å². The lowest BCUT2D eigenvalue weighted by atomic mass is 10.3. The average Bonchev–Trinajstić information content (AvgIpc) is 3.00. The first kappa shape index (κ1) is 13.7. The monoisotopic (exact) mass is 299 g/mol. The van der Waals surface area contributed by atoms with Crippen LogP contribution in [-0.2, 0) is 0 Å². The first-order chi connectivity index (χ1) is 10.6. The molecule has 7 nitrogen and oxygen atoms in total. The highest BCUT2D eigenvalue weighted by molar-refractivity contribution is 6.02. The number of pyridine rings is 1. The quantitative estimate of drug-likeness (QED) is 0.763. The standard InChI is InChI=1S/C14H10FN5O2/c15-9-1-3-10(4-2-9)20-8-12(18-19-20)14(22)17-11-7-16-6-5-13(11)21/h1-8H,(H,16,21)(H,17,22). The van der Waals surface area contributed by atoms with E-state index in [4.69, 9.17) is 0 Å². The van der Waals surface area contributed by atoms with Crippen molar-refractivity contribution < 1.29 is 9.18 Å². The summed E-state index contributed by atoms with van der Waals surface area (Å²) >= 11 is 0. The Morgan fingerprint density at radius 3 is 2.73 bits per heavy atom. The number of amides is 1. The molecule has 0 fully saturated rings. The molecule has 0 spiro atoms. The molecule has 8 heteroatoms. The molecule has 2 aromatic heterocycles. The van der Waals surface area contributed by atoms with Crippen molar-refractivity contribution in [1.82, 2.24) is 20.0 Å². The molecular formula is C14H10FN5O2. The highest BCUT2D eigenvalue weighted by atomic mass is 19.1. The molecule has 1 amide bonds. The predicted octanol–water partition coefficient (Wildman–Crippen LogP) is 1.35. The van der Waals surface area contributed by atoms with Crippen molar-refractivity contribution in [3.63, 3.8) is 0 Å². The van der Waals surface area contributed by atoms with Crippen LogP contribution in [0, 0.1) is 5.82 Å². The molecule has 110 valence electrons. The van der Waals surface area contributed by atoms with Gasteiger partial charge in [-0.2, -0.15) is 0 Å². The zero-order valence-corrected chi connectivity index (χ0v) is 11.2. The second-order valence-corrected chi connectivity index (χ2v) is 4.40. The Hall–Kier alpha value is -3.29. The van der Waals surface area contributed by atoms with Crippen molar-refractivity contribution in [2.45, 2.75) is 0 Å². The van der Waals surface area contributed by atoms with E-state index in [1.165, 1.54) is 53.6 Å². The Morgan fingerprint density at radius 2 is 2.00 bits per heavy atom. The fraction of sp³-hybridized carbons (Fsp3) is 0. The van der Waals surface area contributed by atoms with Gasteiger partial charge in [0.15, 0.2) is 5.69 Å². The van der Waals surface area contributed by atoms with Crippen LogP contribution >= 0.6 is 0 Å². The van der Waals surface area contributed by atoms with E-state index in [1.54, 1.807) is 0 Å². The van der Waals surface area contributed by atoms with Gasteiger partial charge in [-0.3, -0.25) is 9.59 Å². The number of hydrogen-bond acceptors (Lipinski definition) is 4. The van der Waals surface area contributed by atoms with Gasteiger partial charge in [0.05, 0.1) is 11.9 Å². The molecule has 2 N–H and O–H groups in total. The van der Waals surface area contributed by atoms with Crippen molar-refractivity contribution in [3.8, 4) is 5.69 Å². The van der Waals surface area contributed by atoms with E-state index in [9.17, 15) is 14.0 Å². The number of H-pyrrole nitrogens is 1. The average molecular weight is 299 g/mol. The van der Waals surface area contributed by atoms with Gasteiger partial charge in [-0.05, 0) is 24.3 Å². The third kappa shape index (κ3) is 2.75. The first-order valence-electron chi connectivity index (χ1n) is 6.30. The van der Waals surface area contributed by atoms with Gasteiger partial charge in [0.2, 0.25) is 5.43 Å². The fourth-order valence-corrected chi connectivity index (χ4v) is 1.79. The second kappa shape index (κ2) is 5.60. The maximum Gasteiger partial charge on any atom is 0.278 e. The Bertz CT molecular complexity index is 869. The Morgan fingerprint density at radius 1 is 1.23 bits per heavy atom. The van der Waals surface area contributed by atoms with E-state index in [1.807, 2.05) is 0 Å². The highest BCUT2D eigenvalue weighted by Gasteiger charge is 2.13. The Balaban J connectivity index is 1.81. The van der Waals surface area contributed by atoms with Gasteiger partial charge in [-0.25, -0.2) is 9.07 Å². The van der Waals surface area contributed by atoms with E-state index in [0.29, 0.717) is 5.69 Å². The van der Waals surface area contributed by atoms with E-state index in [-0.39, 0.29) is 22.6 Å². The van der Waals surface area contributed by atoms with Crippen LogP contribution < -0.4 is 10.7 Å². The van der Waals surface area contributed by atoms with Gasteiger partial charge in [0.25, 0.3) is 5.91 Å². The van der Waals surface area contributed by atoms with E-state index >= 15 is 0 Å². The summed E-state index contributed by atoms with van der Waals surface area (Å²) in [4.78, 5) is 26.3. The summed E-state index contributed by atoms with van der Waals surface area (Å²) in [6.45, 7) is 0. The number of anilines is 1. The Kier molecular flexibility index (Phi) is 3.48. The smallest absolute Gasteiger partial charge is 0.278 e. The number of halogens is 1. The minimum Gasteiger partial charge on any atom is -0.366 e. The number of aromatic amines is 1. The highest BCUT2D eigenvalue weighted by Crippen LogP contribution is 2.09. The summed E-state index contributed by atoms with van der Waals surface area (Å²) in [5.41, 5.74) is 0.389. The van der Waals surface area contributed by atoms with Crippen LogP contribution in [-0.4, -0.2) is 25.9 Å². The lowest BCUT2D eigenvalue weighted by Gasteiger charge is -2.00. The maximum absolute atomic E-state index is 12.9. The molecule has 0 aliphatic rings. The molecule has 0 saturated carbocycles. The number of rotatable bonds is 3. The number of nitrogens with one attached hydrogen (secondary N) is 2. The topological polar surface area (TPSA) is 92.7 Å².